The van der Waals surface area contributed by atoms with Gasteiger partial charge in [0.1, 0.15) is 0 Å². The average molecular weight is 405 g/mol. The lowest BCUT2D eigenvalue weighted by Gasteiger charge is -2.30. The molecule has 0 bridgehead atoms. The van der Waals surface area contributed by atoms with Crippen molar-refractivity contribution in [2.45, 2.75) is 39.7 Å². The van der Waals surface area contributed by atoms with Gasteiger partial charge in [-0.2, -0.15) is 5.10 Å². The molecule has 1 amide bonds. The highest BCUT2D eigenvalue weighted by Crippen LogP contribution is 2.23. The van der Waals surface area contributed by atoms with Crippen molar-refractivity contribution in [3.63, 3.8) is 0 Å². The van der Waals surface area contributed by atoms with E-state index in [1.54, 1.807) is 13.1 Å². The van der Waals surface area contributed by atoms with Gasteiger partial charge in [0, 0.05) is 41.8 Å². The van der Waals surface area contributed by atoms with Crippen molar-refractivity contribution in [2.75, 3.05) is 18.8 Å². The maximum Gasteiger partial charge on any atom is 0.244 e. The van der Waals surface area contributed by atoms with E-state index in [1.165, 1.54) is 4.31 Å². The largest absolute Gasteiger partial charge is 0.344 e. The van der Waals surface area contributed by atoms with Crippen LogP contribution in [0.4, 0.5) is 0 Å². The van der Waals surface area contributed by atoms with E-state index in [0.29, 0.717) is 25.4 Å². The van der Waals surface area contributed by atoms with Gasteiger partial charge < -0.3 is 4.57 Å². The fourth-order valence-electron chi connectivity index (χ4n) is 3.61. The Morgan fingerprint density at radius 3 is 2.82 bits per heavy atom. The van der Waals surface area contributed by atoms with E-state index >= 15 is 0 Å². The maximum absolute atomic E-state index is 12.5. The lowest BCUT2D eigenvalue weighted by molar-refractivity contribution is -0.126. The number of aromatic nitrogens is 1. The van der Waals surface area contributed by atoms with Crippen molar-refractivity contribution in [3.8, 4) is 0 Å². The Balaban J connectivity index is 1.70. The van der Waals surface area contributed by atoms with Crippen LogP contribution < -0.4 is 5.43 Å². The highest BCUT2D eigenvalue weighted by atomic mass is 32.2. The Hall–Kier alpha value is -2.19. The number of hydrazone groups is 1. The minimum Gasteiger partial charge on any atom is -0.344 e. The quantitative estimate of drug-likeness (QED) is 0.593. The lowest BCUT2D eigenvalue weighted by Crippen LogP contribution is -2.45. The van der Waals surface area contributed by atoms with Gasteiger partial charge in [-0.1, -0.05) is 18.2 Å². The van der Waals surface area contributed by atoms with Gasteiger partial charge in [0.2, 0.25) is 15.9 Å². The molecule has 1 aliphatic heterocycles. The van der Waals surface area contributed by atoms with E-state index < -0.39 is 10.0 Å². The van der Waals surface area contributed by atoms with Crippen LogP contribution in [0.3, 0.4) is 0 Å². The first-order valence-electron chi connectivity index (χ1n) is 9.73. The summed E-state index contributed by atoms with van der Waals surface area (Å²) in [7, 11) is -3.27. The molecule has 152 valence electrons. The molecule has 1 N–H and O–H groups in total. The minimum absolute atomic E-state index is 0.0550. The number of nitrogens with one attached hydrogen (secondary N) is 1. The predicted octanol–water partition coefficient (Wildman–Crippen LogP) is 2.73. The van der Waals surface area contributed by atoms with Gasteiger partial charge in [0.25, 0.3) is 0 Å². The second-order valence-corrected chi connectivity index (χ2v) is 9.69. The molecular weight excluding hydrogens is 376 g/mol. The number of rotatable bonds is 6. The Morgan fingerprint density at radius 1 is 1.36 bits per heavy atom. The van der Waals surface area contributed by atoms with Crippen LogP contribution in [0.15, 0.2) is 35.6 Å². The molecule has 7 nitrogen and oxygen atoms in total. The molecule has 2 aromatic rings. The van der Waals surface area contributed by atoms with E-state index in [2.05, 4.69) is 35.0 Å². The van der Waals surface area contributed by atoms with E-state index in [-0.39, 0.29) is 24.1 Å². The molecule has 1 saturated heterocycles. The molecule has 8 heteroatoms. The van der Waals surface area contributed by atoms with E-state index in [4.69, 9.17) is 0 Å². The van der Waals surface area contributed by atoms with Crippen LogP contribution in [0.2, 0.25) is 0 Å². The van der Waals surface area contributed by atoms with Gasteiger partial charge in [-0.15, -0.1) is 0 Å². The molecule has 0 aliphatic carbocycles. The van der Waals surface area contributed by atoms with Crippen LogP contribution in [-0.2, 0) is 14.8 Å². The Morgan fingerprint density at radius 2 is 2.11 bits per heavy atom. The molecule has 1 aliphatic rings. The fourth-order valence-corrected chi connectivity index (χ4v) is 4.79. The molecule has 28 heavy (non-hydrogen) atoms. The fraction of sp³-hybridized carbons (Fsp3) is 0.500. The van der Waals surface area contributed by atoms with Gasteiger partial charge in [-0.05, 0) is 39.7 Å². The summed E-state index contributed by atoms with van der Waals surface area (Å²) in [5.74, 6) is -0.552. The van der Waals surface area contributed by atoms with Gasteiger partial charge in [-0.3, -0.25) is 4.79 Å². The Labute approximate surface area is 166 Å². The third-order valence-corrected chi connectivity index (χ3v) is 7.07. The average Bonchev–Trinajstić information content (AvgIpc) is 3.07. The third kappa shape index (κ3) is 4.28. The molecule has 1 atom stereocenters. The predicted molar refractivity (Wildman–Crippen MR) is 112 cm³/mol. The molecular formula is C20H28N4O3S. The molecule has 0 saturated carbocycles. The zero-order valence-electron chi connectivity index (χ0n) is 16.6. The number of piperidine rings is 1. The first kappa shape index (κ1) is 20.5. The number of sulfonamides is 1. The van der Waals surface area contributed by atoms with Crippen molar-refractivity contribution in [2.24, 2.45) is 11.0 Å². The number of benzene rings is 1. The smallest absolute Gasteiger partial charge is 0.244 e. The van der Waals surface area contributed by atoms with Gasteiger partial charge in [0.05, 0.1) is 17.9 Å². The molecule has 1 fully saturated rings. The number of carbonyl (C=O) groups is 1. The Kier molecular flexibility index (Phi) is 6.20. The highest BCUT2D eigenvalue weighted by molar-refractivity contribution is 7.89. The first-order valence-corrected chi connectivity index (χ1v) is 11.3. The van der Waals surface area contributed by atoms with Gasteiger partial charge in [0.15, 0.2) is 0 Å². The molecule has 1 aromatic heterocycles. The molecule has 0 spiro atoms. The summed E-state index contributed by atoms with van der Waals surface area (Å²) < 4.78 is 27.7. The molecule has 0 radical (unpaired) electrons. The monoisotopic (exact) mass is 404 g/mol. The molecule has 3 rings (SSSR count). The number of amides is 1. The number of hydrogen-bond acceptors (Lipinski definition) is 4. The number of carbonyl (C=O) groups excluding carboxylic acids is 1. The summed E-state index contributed by atoms with van der Waals surface area (Å²) >= 11 is 0. The second-order valence-electron chi connectivity index (χ2n) is 7.43. The van der Waals surface area contributed by atoms with E-state index in [0.717, 1.165) is 16.5 Å². The van der Waals surface area contributed by atoms with Crippen LogP contribution in [0, 0.1) is 5.92 Å². The maximum atomic E-state index is 12.5. The van der Waals surface area contributed by atoms with Crippen LogP contribution in [0.5, 0.6) is 0 Å². The number of nitrogens with zero attached hydrogens (tertiary/aromatic N) is 3. The van der Waals surface area contributed by atoms with Crippen molar-refractivity contribution >= 4 is 33.0 Å². The molecule has 1 aromatic carbocycles. The van der Waals surface area contributed by atoms with E-state index in [9.17, 15) is 13.2 Å². The normalized spacial score (nSPS) is 18.9. The zero-order valence-corrected chi connectivity index (χ0v) is 17.4. The first-order chi connectivity index (χ1) is 13.3. The topological polar surface area (TPSA) is 83.8 Å². The summed E-state index contributed by atoms with van der Waals surface area (Å²) in [6, 6.07) is 8.40. The molecule has 2 heterocycles. The zero-order chi connectivity index (χ0) is 20.3. The van der Waals surface area contributed by atoms with Crippen LogP contribution >= 0.6 is 0 Å². The number of fused-ring (bicyclic) bond motifs is 1. The third-order valence-electron chi connectivity index (χ3n) is 5.22. The van der Waals surface area contributed by atoms with Gasteiger partial charge in [-0.25, -0.2) is 18.1 Å². The number of para-hydroxylation sites is 1. The SMILES string of the molecule is CCS(=O)(=O)N1CCCC(C(=O)NN=Cc2cn(C(C)C)c3ccccc23)C1. The minimum atomic E-state index is -3.27. The van der Waals surface area contributed by atoms with Crippen LogP contribution in [0.25, 0.3) is 10.9 Å². The lowest BCUT2D eigenvalue weighted by atomic mass is 9.99. The highest BCUT2D eigenvalue weighted by Gasteiger charge is 2.31. The summed E-state index contributed by atoms with van der Waals surface area (Å²) in [5, 5.41) is 5.22. The van der Waals surface area contributed by atoms with E-state index in [1.807, 2.05) is 24.4 Å². The standard InChI is InChI=1S/C20H28N4O3S/c1-4-28(26,27)23-11-7-8-16(13-23)20(25)22-21-12-17-14-24(15(2)3)19-10-6-5-9-18(17)19/h5-6,9-10,12,14-16H,4,7-8,11,13H2,1-3H3,(H,22,25). The summed E-state index contributed by atoms with van der Waals surface area (Å²) in [5.41, 5.74) is 4.65. The Bertz CT molecular complexity index is 978. The summed E-state index contributed by atoms with van der Waals surface area (Å²) in [6.07, 6.45) is 5.04. The number of hydrogen-bond donors (Lipinski definition) is 1. The van der Waals surface area contributed by atoms with Crippen molar-refractivity contribution in [1.82, 2.24) is 14.3 Å². The van der Waals surface area contributed by atoms with Crippen molar-refractivity contribution in [3.05, 3.63) is 36.0 Å². The summed E-state index contributed by atoms with van der Waals surface area (Å²) in [4.78, 5) is 12.5. The summed E-state index contributed by atoms with van der Waals surface area (Å²) in [6.45, 7) is 6.57. The molecule has 1 unspecified atom stereocenters. The van der Waals surface area contributed by atoms with Crippen LogP contribution in [-0.4, -0.2) is 48.3 Å². The van der Waals surface area contributed by atoms with Crippen molar-refractivity contribution in [1.29, 1.82) is 0 Å². The van der Waals surface area contributed by atoms with Crippen LogP contribution in [0.1, 0.15) is 45.2 Å². The van der Waals surface area contributed by atoms with Crippen molar-refractivity contribution < 1.29 is 13.2 Å². The second kappa shape index (κ2) is 8.45. The van der Waals surface area contributed by atoms with Gasteiger partial charge >= 0.3 is 0 Å².